The van der Waals surface area contributed by atoms with Gasteiger partial charge in [-0.3, -0.25) is 0 Å². The molecule has 2 atom stereocenters. The number of carbonyl (C=O) groups is 2. The Balaban J connectivity index is 1.93. The second-order valence-corrected chi connectivity index (χ2v) is 10.4. The van der Waals surface area contributed by atoms with Crippen molar-refractivity contribution < 1.29 is 9.59 Å². The van der Waals surface area contributed by atoms with Gasteiger partial charge in [0.25, 0.3) is 0 Å². The second-order valence-electron chi connectivity index (χ2n) is 10.4. The molecule has 0 bridgehead atoms. The van der Waals surface area contributed by atoms with Gasteiger partial charge in [0.1, 0.15) is 0 Å². The summed E-state index contributed by atoms with van der Waals surface area (Å²) in [5, 5.41) is 11.8. The third-order valence-electron chi connectivity index (χ3n) is 7.84. The average molecular weight is 489 g/mol. The molecule has 6 nitrogen and oxygen atoms in total. The topological polar surface area (TPSA) is 82.3 Å². The summed E-state index contributed by atoms with van der Waals surface area (Å²) in [5.74, 6) is 0.750. The Kier molecular flexibility index (Phi) is 7.17. The third-order valence-corrected chi connectivity index (χ3v) is 7.84. The van der Waals surface area contributed by atoms with Crippen molar-refractivity contribution in [3.8, 4) is 0 Å². The van der Waals surface area contributed by atoms with E-state index in [1.165, 1.54) is 44.5 Å². The molecule has 2 aliphatic rings. The zero-order valence-electron chi connectivity index (χ0n) is 23.0. The highest BCUT2D eigenvalue weighted by Crippen LogP contribution is 2.53. The van der Waals surface area contributed by atoms with E-state index in [1.807, 2.05) is 13.8 Å². The van der Waals surface area contributed by atoms with Gasteiger partial charge < -0.3 is 21.3 Å². The molecule has 192 valence electrons. The summed E-state index contributed by atoms with van der Waals surface area (Å²) in [5.41, 5.74) is 14.6. The summed E-state index contributed by atoms with van der Waals surface area (Å²) in [7, 11) is 0. The number of anilines is 2. The van der Waals surface area contributed by atoms with Crippen LogP contribution >= 0.6 is 0 Å². The van der Waals surface area contributed by atoms with Crippen LogP contribution in [0.1, 0.15) is 72.2 Å². The molecule has 4 N–H and O–H groups in total. The average Bonchev–Trinajstić information content (AvgIpc) is 3.33. The Morgan fingerprint density at radius 2 is 1.08 bits per heavy atom. The SMILES string of the molecule is CCNC(=O)Nc1cc(C)c2c(c1C)/C(=C1/c3c(C)c(NC(=O)NCC)cc(C)c3CC1C)C(C)C2. The van der Waals surface area contributed by atoms with Crippen LogP contribution in [0.15, 0.2) is 12.1 Å². The van der Waals surface area contributed by atoms with E-state index in [4.69, 9.17) is 0 Å². The van der Waals surface area contributed by atoms with Gasteiger partial charge in [-0.05, 0) is 134 Å². The Hall–Kier alpha value is -3.28. The van der Waals surface area contributed by atoms with Crippen LogP contribution in [0.3, 0.4) is 0 Å². The minimum absolute atomic E-state index is 0.174. The van der Waals surface area contributed by atoms with Crippen LogP contribution in [0.5, 0.6) is 0 Å². The summed E-state index contributed by atoms with van der Waals surface area (Å²) < 4.78 is 0. The molecule has 36 heavy (non-hydrogen) atoms. The molecule has 2 aromatic rings. The van der Waals surface area contributed by atoms with Crippen molar-refractivity contribution in [2.45, 2.75) is 68.2 Å². The van der Waals surface area contributed by atoms with Gasteiger partial charge in [0, 0.05) is 24.5 Å². The Bertz CT molecular complexity index is 1180. The molecule has 2 unspecified atom stereocenters. The van der Waals surface area contributed by atoms with Crippen molar-refractivity contribution in [1.82, 2.24) is 10.6 Å². The standard InChI is InChI=1S/C30H40N4O2/c1-9-31-29(35)33-23-13-15(3)21-11-17(5)25(27(21)19(23)7)26-18(6)12-22-16(4)14-24(20(8)28(22)26)34-30(36)32-10-2/h13-14,17-18H,9-12H2,1-8H3,(H2,31,33,35)(H2,32,34,36)/b26-25+. The second kappa shape index (κ2) is 10.00. The maximum atomic E-state index is 12.4. The van der Waals surface area contributed by atoms with Crippen LogP contribution in [-0.4, -0.2) is 25.2 Å². The molecule has 0 aromatic heterocycles. The monoisotopic (exact) mass is 488 g/mol. The summed E-state index contributed by atoms with van der Waals surface area (Å²) in [6, 6.07) is 3.87. The third kappa shape index (κ3) is 4.38. The van der Waals surface area contributed by atoms with Gasteiger partial charge in [0.05, 0.1) is 0 Å². The molecular formula is C30H40N4O2. The van der Waals surface area contributed by atoms with E-state index in [0.29, 0.717) is 24.9 Å². The van der Waals surface area contributed by atoms with E-state index in [9.17, 15) is 9.59 Å². The number of nitrogens with one attached hydrogen (secondary N) is 4. The van der Waals surface area contributed by atoms with Crippen molar-refractivity contribution in [2.24, 2.45) is 11.8 Å². The van der Waals surface area contributed by atoms with Crippen molar-refractivity contribution in [3.05, 3.63) is 56.6 Å². The summed E-state index contributed by atoms with van der Waals surface area (Å²) >= 11 is 0. The van der Waals surface area contributed by atoms with Crippen molar-refractivity contribution in [1.29, 1.82) is 0 Å². The molecule has 0 radical (unpaired) electrons. The zero-order chi connectivity index (χ0) is 26.3. The number of rotatable bonds is 4. The molecule has 0 spiro atoms. The number of hydrogen-bond acceptors (Lipinski definition) is 2. The van der Waals surface area contributed by atoms with Gasteiger partial charge in [-0.2, -0.15) is 0 Å². The molecule has 4 amide bonds. The quantitative estimate of drug-likeness (QED) is 0.396. The van der Waals surface area contributed by atoms with Crippen LogP contribution in [0.25, 0.3) is 11.1 Å². The van der Waals surface area contributed by atoms with Crippen LogP contribution in [0.2, 0.25) is 0 Å². The lowest BCUT2D eigenvalue weighted by molar-refractivity contribution is 0.251. The number of carbonyl (C=O) groups excluding carboxylic acids is 2. The minimum Gasteiger partial charge on any atom is -0.338 e. The lowest BCUT2D eigenvalue weighted by atomic mass is 9.84. The first kappa shape index (κ1) is 25.8. The molecule has 0 fully saturated rings. The van der Waals surface area contributed by atoms with E-state index < -0.39 is 0 Å². The number of aryl methyl sites for hydroxylation is 2. The lowest BCUT2D eigenvalue weighted by Gasteiger charge is -2.22. The van der Waals surface area contributed by atoms with Crippen molar-refractivity contribution >= 4 is 34.6 Å². The molecule has 4 rings (SSSR count). The summed E-state index contributed by atoms with van der Waals surface area (Å²) in [4.78, 5) is 24.7. The first-order valence-corrected chi connectivity index (χ1v) is 13.2. The van der Waals surface area contributed by atoms with Gasteiger partial charge in [0.2, 0.25) is 0 Å². The highest BCUT2D eigenvalue weighted by molar-refractivity contribution is 6.03. The number of hydrogen-bond donors (Lipinski definition) is 4. The fourth-order valence-corrected chi connectivity index (χ4v) is 6.22. The van der Waals surface area contributed by atoms with Crippen LogP contribution in [0, 0.1) is 39.5 Å². The van der Waals surface area contributed by atoms with Gasteiger partial charge in [-0.15, -0.1) is 0 Å². The normalized spacial score (nSPS) is 20.1. The Morgan fingerprint density at radius 1 is 0.722 bits per heavy atom. The number of amides is 4. The zero-order valence-corrected chi connectivity index (χ0v) is 23.0. The number of fused-ring (bicyclic) bond motifs is 2. The number of allylic oxidation sites excluding steroid dienone is 2. The maximum Gasteiger partial charge on any atom is 0.319 e. The molecule has 0 saturated heterocycles. The minimum atomic E-state index is -0.174. The van der Waals surface area contributed by atoms with E-state index in [0.717, 1.165) is 35.3 Å². The molecule has 2 aliphatic carbocycles. The van der Waals surface area contributed by atoms with Crippen LogP contribution in [0.4, 0.5) is 21.0 Å². The largest absolute Gasteiger partial charge is 0.338 e. The van der Waals surface area contributed by atoms with Gasteiger partial charge in [-0.1, -0.05) is 13.8 Å². The molecule has 0 saturated carbocycles. The first-order valence-electron chi connectivity index (χ1n) is 13.2. The van der Waals surface area contributed by atoms with E-state index >= 15 is 0 Å². The molecule has 6 heteroatoms. The predicted molar refractivity (Wildman–Crippen MR) is 150 cm³/mol. The summed E-state index contributed by atoms with van der Waals surface area (Å²) in [6.45, 7) is 18.2. The highest BCUT2D eigenvalue weighted by atomic mass is 16.2. The van der Waals surface area contributed by atoms with Crippen LogP contribution < -0.4 is 21.3 Å². The fourth-order valence-electron chi connectivity index (χ4n) is 6.22. The van der Waals surface area contributed by atoms with Crippen molar-refractivity contribution in [3.63, 3.8) is 0 Å². The van der Waals surface area contributed by atoms with Gasteiger partial charge in [0.15, 0.2) is 0 Å². The van der Waals surface area contributed by atoms with Gasteiger partial charge in [-0.25, -0.2) is 9.59 Å². The fraction of sp³-hybridized carbons (Fsp3) is 0.467. The molecular weight excluding hydrogens is 448 g/mol. The van der Waals surface area contributed by atoms with Gasteiger partial charge >= 0.3 is 12.1 Å². The van der Waals surface area contributed by atoms with E-state index in [2.05, 4.69) is 74.9 Å². The smallest absolute Gasteiger partial charge is 0.319 e. The van der Waals surface area contributed by atoms with E-state index in [-0.39, 0.29) is 12.1 Å². The maximum absolute atomic E-state index is 12.4. The lowest BCUT2D eigenvalue weighted by Crippen LogP contribution is -2.28. The van der Waals surface area contributed by atoms with Crippen molar-refractivity contribution in [2.75, 3.05) is 23.7 Å². The first-order chi connectivity index (χ1) is 17.1. The number of benzene rings is 2. The molecule has 2 aromatic carbocycles. The highest BCUT2D eigenvalue weighted by Gasteiger charge is 2.37. The number of urea groups is 2. The molecule has 0 aliphatic heterocycles. The predicted octanol–water partition coefficient (Wildman–Crippen LogP) is 6.50. The summed E-state index contributed by atoms with van der Waals surface area (Å²) in [6.07, 6.45) is 2.00. The Morgan fingerprint density at radius 3 is 1.42 bits per heavy atom. The van der Waals surface area contributed by atoms with E-state index in [1.54, 1.807) is 0 Å². The Labute approximate surface area is 215 Å². The molecule has 0 heterocycles. The van der Waals surface area contributed by atoms with Crippen LogP contribution in [-0.2, 0) is 12.8 Å².